The Balaban J connectivity index is 1.69. The van der Waals surface area contributed by atoms with Gasteiger partial charge in [0.1, 0.15) is 5.69 Å². The highest BCUT2D eigenvalue weighted by Crippen LogP contribution is 2.28. The molecule has 22 heavy (non-hydrogen) atoms. The Morgan fingerprint density at radius 2 is 1.86 bits per heavy atom. The predicted molar refractivity (Wildman–Crippen MR) is 87.9 cm³/mol. The number of fused-ring (bicyclic) bond motifs is 3. The Morgan fingerprint density at radius 3 is 2.73 bits per heavy atom. The summed E-state index contributed by atoms with van der Waals surface area (Å²) in [5.41, 5.74) is 5.44. The lowest BCUT2D eigenvalue weighted by atomic mass is 10.0. The van der Waals surface area contributed by atoms with E-state index in [-0.39, 0.29) is 5.91 Å². The number of rotatable bonds is 2. The maximum atomic E-state index is 12.8. The van der Waals surface area contributed by atoms with Gasteiger partial charge in [-0.1, -0.05) is 42.5 Å². The first kappa shape index (κ1) is 13.1. The van der Waals surface area contributed by atoms with Gasteiger partial charge < -0.3 is 9.88 Å². The van der Waals surface area contributed by atoms with Gasteiger partial charge >= 0.3 is 0 Å². The highest BCUT2D eigenvalue weighted by atomic mass is 16.2. The topological polar surface area (TPSA) is 36.1 Å². The summed E-state index contributed by atoms with van der Waals surface area (Å²) in [5.74, 6) is 0.112. The standard InChI is InChI=1S/C19H18N2O/c1-13-6-2-3-7-14(13)12-21-11-10-16-15-8-4-5-9-17(15)20-18(16)19(21)22/h2-9,20H,10-12H2,1H3. The molecule has 0 radical (unpaired) electrons. The molecule has 1 aromatic heterocycles. The number of aryl methyl sites for hydroxylation is 1. The maximum absolute atomic E-state index is 12.8. The molecule has 1 aliphatic rings. The summed E-state index contributed by atoms with van der Waals surface area (Å²) in [6, 6.07) is 16.4. The Bertz CT molecular complexity index is 863. The van der Waals surface area contributed by atoms with Crippen molar-refractivity contribution in [3.8, 4) is 0 Å². The van der Waals surface area contributed by atoms with Gasteiger partial charge in [0.2, 0.25) is 0 Å². The number of hydrogen-bond acceptors (Lipinski definition) is 1. The van der Waals surface area contributed by atoms with E-state index in [1.54, 1.807) is 0 Å². The molecular formula is C19H18N2O. The fraction of sp³-hybridized carbons (Fsp3) is 0.211. The average Bonchev–Trinajstić information content (AvgIpc) is 2.92. The van der Waals surface area contributed by atoms with Crippen molar-refractivity contribution in [2.75, 3.05) is 6.54 Å². The number of aromatic amines is 1. The second kappa shape index (κ2) is 5.02. The average molecular weight is 290 g/mol. The molecular weight excluding hydrogens is 272 g/mol. The van der Waals surface area contributed by atoms with Crippen molar-refractivity contribution in [3.63, 3.8) is 0 Å². The molecule has 0 saturated heterocycles. The molecule has 0 saturated carbocycles. The van der Waals surface area contributed by atoms with Crippen molar-refractivity contribution >= 4 is 16.8 Å². The highest BCUT2D eigenvalue weighted by molar-refractivity contribution is 6.02. The predicted octanol–water partition coefficient (Wildman–Crippen LogP) is 3.67. The van der Waals surface area contributed by atoms with Gasteiger partial charge in [0.05, 0.1) is 0 Å². The van der Waals surface area contributed by atoms with Crippen molar-refractivity contribution in [3.05, 3.63) is 70.9 Å². The van der Waals surface area contributed by atoms with E-state index in [0.717, 1.165) is 24.2 Å². The first-order valence-corrected chi connectivity index (χ1v) is 7.67. The second-order valence-electron chi connectivity index (χ2n) is 5.93. The zero-order valence-electron chi connectivity index (χ0n) is 12.6. The van der Waals surface area contributed by atoms with Crippen LogP contribution in [0.25, 0.3) is 10.9 Å². The normalized spacial score (nSPS) is 14.4. The third-order valence-corrected chi connectivity index (χ3v) is 4.57. The Morgan fingerprint density at radius 1 is 1.09 bits per heavy atom. The van der Waals surface area contributed by atoms with Gasteiger partial charge in [-0.3, -0.25) is 4.79 Å². The van der Waals surface area contributed by atoms with E-state index in [1.807, 2.05) is 35.2 Å². The van der Waals surface area contributed by atoms with E-state index >= 15 is 0 Å². The molecule has 0 unspecified atom stereocenters. The number of nitrogens with one attached hydrogen (secondary N) is 1. The number of benzene rings is 2. The van der Waals surface area contributed by atoms with Crippen molar-refractivity contribution in [1.82, 2.24) is 9.88 Å². The van der Waals surface area contributed by atoms with Gasteiger partial charge in [-0.15, -0.1) is 0 Å². The fourth-order valence-electron chi connectivity index (χ4n) is 3.29. The third kappa shape index (κ3) is 2.01. The van der Waals surface area contributed by atoms with Gasteiger partial charge in [0.25, 0.3) is 5.91 Å². The van der Waals surface area contributed by atoms with Gasteiger partial charge in [-0.05, 0) is 36.1 Å². The summed E-state index contributed by atoms with van der Waals surface area (Å²) in [7, 11) is 0. The molecule has 1 aliphatic heterocycles. The molecule has 3 aromatic rings. The number of nitrogens with zero attached hydrogens (tertiary/aromatic N) is 1. The minimum absolute atomic E-state index is 0.112. The van der Waals surface area contributed by atoms with E-state index in [9.17, 15) is 4.79 Å². The molecule has 0 fully saturated rings. The number of para-hydroxylation sites is 1. The van der Waals surface area contributed by atoms with Gasteiger partial charge in [-0.2, -0.15) is 0 Å². The van der Waals surface area contributed by atoms with Gasteiger partial charge in [0, 0.05) is 24.0 Å². The van der Waals surface area contributed by atoms with Crippen LogP contribution in [0, 0.1) is 6.92 Å². The molecule has 0 spiro atoms. The summed E-state index contributed by atoms with van der Waals surface area (Å²) in [4.78, 5) is 18.0. The van der Waals surface area contributed by atoms with E-state index in [4.69, 9.17) is 0 Å². The van der Waals surface area contributed by atoms with E-state index in [1.165, 1.54) is 22.1 Å². The molecule has 1 amide bonds. The Labute approximate surface area is 129 Å². The molecule has 0 aliphatic carbocycles. The third-order valence-electron chi connectivity index (χ3n) is 4.57. The number of carbonyl (C=O) groups is 1. The molecule has 1 N–H and O–H groups in total. The first-order chi connectivity index (χ1) is 10.7. The molecule has 4 rings (SSSR count). The molecule has 0 bridgehead atoms. The van der Waals surface area contributed by atoms with Crippen LogP contribution in [0.5, 0.6) is 0 Å². The number of hydrogen-bond donors (Lipinski definition) is 1. The summed E-state index contributed by atoms with van der Waals surface area (Å²) in [6.45, 7) is 3.56. The first-order valence-electron chi connectivity index (χ1n) is 7.67. The SMILES string of the molecule is Cc1ccccc1CN1CCc2c([nH]c3ccccc23)C1=O. The van der Waals surface area contributed by atoms with Crippen LogP contribution in [0.2, 0.25) is 0 Å². The minimum atomic E-state index is 0.112. The van der Waals surface area contributed by atoms with Crippen LogP contribution in [-0.2, 0) is 13.0 Å². The number of H-pyrrole nitrogens is 1. The Hall–Kier alpha value is -2.55. The molecule has 110 valence electrons. The van der Waals surface area contributed by atoms with Crippen LogP contribution in [0.4, 0.5) is 0 Å². The van der Waals surface area contributed by atoms with Crippen LogP contribution >= 0.6 is 0 Å². The zero-order valence-corrected chi connectivity index (χ0v) is 12.6. The van der Waals surface area contributed by atoms with Crippen LogP contribution in [0.3, 0.4) is 0 Å². The summed E-state index contributed by atoms with van der Waals surface area (Å²) in [6.07, 6.45) is 0.914. The van der Waals surface area contributed by atoms with Crippen molar-refractivity contribution in [2.24, 2.45) is 0 Å². The molecule has 2 heterocycles. The zero-order chi connectivity index (χ0) is 15.1. The smallest absolute Gasteiger partial charge is 0.270 e. The van der Waals surface area contributed by atoms with Crippen molar-refractivity contribution < 1.29 is 4.79 Å². The number of aromatic nitrogens is 1. The van der Waals surface area contributed by atoms with E-state index < -0.39 is 0 Å². The lowest BCUT2D eigenvalue weighted by molar-refractivity contribution is 0.0722. The molecule has 2 aromatic carbocycles. The van der Waals surface area contributed by atoms with Crippen molar-refractivity contribution in [2.45, 2.75) is 19.9 Å². The lowest BCUT2D eigenvalue weighted by Crippen LogP contribution is -2.37. The molecule has 3 nitrogen and oxygen atoms in total. The van der Waals surface area contributed by atoms with Crippen LogP contribution in [-0.4, -0.2) is 22.3 Å². The van der Waals surface area contributed by atoms with Crippen LogP contribution < -0.4 is 0 Å². The monoisotopic (exact) mass is 290 g/mol. The number of amides is 1. The van der Waals surface area contributed by atoms with E-state index in [0.29, 0.717) is 6.54 Å². The van der Waals surface area contributed by atoms with Crippen LogP contribution in [0.1, 0.15) is 27.2 Å². The summed E-state index contributed by atoms with van der Waals surface area (Å²) >= 11 is 0. The van der Waals surface area contributed by atoms with Gasteiger partial charge in [0.15, 0.2) is 0 Å². The van der Waals surface area contributed by atoms with Gasteiger partial charge in [-0.25, -0.2) is 0 Å². The largest absolute Gasteiger partial charge is 0.350 e. The maximum Gasteiger partial charge on any atom is 0.270 e. The fourth-order valence-corrected chi connectivity index (χ4v) is 3.29. The lowest BCUT2D eigenvalue weighted by Gasteiger charge is -2.27. The van der Waals surface area contributed by atoms with E-state index in [2.05, 4.69) is 30.1 Å². The molecule has 3 heteroatoms. The second-order valence-corrected chi connectivity index (χ2v) is 5.93. The number of carbonyl (C=O) groups excluding carboxylic acids is 1. The summed E-state index contributed by atoms with van der Waals surface area (Å²) < 4.78 is 0. The highest BCUT2D eigenvalue weighted by Gasteiger charge is 2.27. The van der Waals surface area contributed by atoms with Crippen LogP contribution in [0.15, 0.2) is 48.5 Å². The quantitative estimate of drug-likeness (QED) is 0.768. The molecule has 0 atom stereocenters. The minimum Gasteiger partial charge on any atom is -0.350 e. The summed E-state index contributed by atoms with van der Waals surface area (Å²) in [5, 5.41) is 1.18. The Kier molecular flexibility index (Phi) is 3.00. The van der Waals surface area contributed by atoms with Crippen molar-refractivity contribution in [1.29, 1.82) is 0 Å².